The fraction of sp³-hybridized carbons (Fsp3) is 0.812. The van der Waals surface area contributed by atoms with E-state index in [1.54, 1.807) is 6.92 Å². The smallest absolute Gasteiger partial charge is 0.309 e. The van der Waals surface area contributed by atoms with Crippen LogP contribution in [0.4, 0.5) is 0 Å². The summed E-state index contributed by atoms with van der Waals surface area (Å²) in [5, 5.41) is 19.5. The topological polar surface area (TPSA) is 104 Å². The second-order valence-electron chi connectivity index (χ2n) is 7.28. The molecular weight excluding hydrogens is 302 g/mol. The van der Waals surface area contributed by atoms with E-state index in [1.165, 1.54) is 0 Å². The van der Waals surface area contributed by atoms with E-state index < -0.39 is 29.9 Å². The first-order valence-electron chi connectivity index (χ1n) is 7.83. The Balaban J connectivity index is 4.53. The van der Waals surface area contributed by atoms with Crippen molar-refractivity contribution in [1.82, 2.24) is 0 Å². The van der Waals surface area contributed by atoms with Crippen molar-refractivity contribution >= 4 is 17.9 Å². The number of aliphatic carboxylic acids is 2. The maximum absolute atomic E-state index is 12.1. The predicted octanol–water partition coefficient (Wildman–Crippen LogP) is 0.272. The number of hydrogen-bond donors (Lipinski definition) is 1. The third kappa shape index (κ3) is 11.6. The minimum absolute atomic E-state index is 0.0672. The Hall–Kier alpha value is -1.63. The normalized spacial score (nSPS) is 15.5. The van der Waals surface area contributed by atoms with Crippen LogP contribution in [0.2, 0.25) is 0 Å². The Morgan fingerprint density at radius 3 is 2.17 bits per heavy atom. The van der Waals surface area contributed by atoms with Gasteiger partial charge in [-0.05, 0) is 18.8 Å². The molecule has 1 N–H and O–H groups in total. The van der Waals surface area contributed by atoms with Crippen molar-refractivity contribution in [3.8, 4) is 0 Å². The number of quaternary nitrogens is 1. The van der Waals surface area contributed by atoms with Gasteiger partial charge in [0.15, 0.2) is 6.10 Å². The van der Waals surface area contributed by atoms with Crippen LogP contribution in [0.5, 0.6) is 0 Å². The molecule has 0 radical (unpaired) electrons. The number of rotatable bonds is 11. The van der Waals surface area contributed by atoms with Crippen molar-refractivity contribution in [1.29, 1.82) is 0 Å². The van der Waals surface area contributed by atoms with Crippen LogP contribution in [0, 0.1) is 11.8 Å². The second kappa shape index (κ2) is 9.50. The fourth-order valence-corrected chi connectivity index (χ4v) is 2.41. The highest BCUT2D eigenvalue weighted by atomic mass is 16.5. The summed E-state index contributed by atoms with van der Waals surface area (Å²) in [7, 11) is 5.65. The zero-order valence-corrected chi connectivity index (χ0v) is 14.7. The molecule has 0 aliphatic heterocycles. The first-order chi connectivity index (χ1) is 10.4. The van der Waals surface area contributed by atoms with Crippen LogP contribution in [0.15, 0.2) is 0 Å². The molecule has 0 aromatic heterocycles. The van der Waals surface area contributed by atoms with Crippen LogP contribution in [-0.2, 0) is 19.1 Å². The van der Waals surface area contributed by atoms with E-state index in [0.29, 0.717) is 23.9 Å². The van der Waals surface area contributed by atoms with Crippen LogP contribution in [0.25, 0.3) is 0 Å². The number of ether oxygens (including phenoxy) is 1. The lowest BCUT2D eigenvalue weighted by atomic mass is 9.93. The molecule has 0 aromatic rings. The van der Waals surface area contributed by atoms with E-state index in [-0.39, 0.29) is 18.8 Å². The molecule has 0 spiro atoms. The van der Waals surface area contributed by atoms with E-state index in [1.807, 2.05) is 28.1 Å². The third-order valence-corrected chi connectivity index (χ3v) is 3.44. The van der Waals surface area contributed by atoms with Crippen LogP contribution >= 0.6 is 0 Å². The summed E-state index contributed by atoms with van der Waals surface area (Å²) in [5.41, 5.74) is 0. The third-order valence-electron chi connectivity index (χ3n) is 3.44. The van der Waals surface area contributed by atoms with Gasteiger partial charge >= 0.3 is 11.9 Å². The minimum Gasteiger partial charge on any atom is -0.550 e. The monoisotopic (exact) mass is 331 g/mol. The van der Waals surface area contributed by atoms with E-state index in [9.17, 15) is 19.5 Å². The predicted molar refractivity (Wildman–Crippen MR) is 82.2 cm³/mol. The highest BCUT2D eigenvalue weighted by Crippen LogP contribution is 2.19. The molecule has 0 saturated heterocycles. The molecule has 0 fully saturated rings. The number of carbonyl (C=O) groups excluding carboxylic acids is 2. The Morgan fingerprint density at radius 1 is 1.17 bits per heavy atom. The van der Waals surface area contributed by atoms with Gasteiger partial charge in [-0.25, -0.2) is 0 Å². The van der Waals surface area contributed by atoms with Crippen molar-refractivity contribution in [2.45, 2.75) is 45.6 Å². The lowest BCUT2D eigenvalue weighted by molar-refractivity contribution is -0.873. The average molecular weight is 331 g/mol. The van der Waals surface area contributed by atoms with Gasteiger partial charge < -0.3 is 24.2 Å². The molecule has 0 amide bonds. The molecule has 0 heterocycles. The largest absolute Gasteiger partial charge is 0.550 e. The average Bonchev–Trinajstić information content (AvgIpc) is 2.33. The maximum Gasteiger partial charge on any atom is 0.309 e. The number of carboxylic acids is 2. The van der Waals surface area contributed by atoms with E-state index in [2.05, 4.69) is 0 Å². The quantitative estimate of drug-likeness (QED) is 0.430. The first-order valence-corrected chi connectivity index (χ1v) is 7.83. The van der Waals surface area contributed by atoms with Crippen molar-refractivity contribution in [2.75, 3.05) is 27.7 Å². The molecule has 3 atom stereocenters. The minimum atomic E-state index is -1.25. The molecule has 23 heavy (non-hydrogen) atoms. The molecule has 0 aliphatic rings. The van der Waals surface area contributed by atoms with Gasteiger partial charge in [-0.2, -0.15) is 0 Å². The molecule has 134 valence electrons. The van der Waals surface area contributed by atoms with Crippen LogP contribution in [0.1, 0.15) is 39.5 Å². The summed E-state index contributed by atoms with van der Waals surface area (Å²) in [4.78, 5) is 33.5. The molecule has 7 nitrogen and oxygen atoms in total. The Kier molecular flexibility index (Phi) is 8.82. The van der Waals surface area contributed by atoms with Gasteiger partial charge in [-0.15, -0.1) is 0 Å². The standard InChI is InChI=1S/C16H29NO6/c1-11(6-7-14(18)19)8-12(2)16(22)23-13(9-15(20)21)10-17(3,4)5/h11-13H,6-10H2,1-5H3,(H-,18,19,20,21). The Labute approximate surface area is 137 Å². The van der Waals surface area contributed by atoms with Crippen LogP contribution in [-0.4, -0.2) is 61.3 Å². The van der Waals surface area contributed by atoms with Gasteiger partial charge in [-0.1, -0.05) is 13.8 Å². The summed E-state index contributed by atoms with van der Waals surface area (Å²) >= 11 is 0. The zero-order valence-electron chi connectivity index (χ0n) is 14.7. The van der Waals surface area contributed by atoms with E-state index >= 15 is 0 Å². The molecule has 0 aromatic carbocycles. The number of carbonyl (C=O) groups is 3. The van der Waals surface area contributed by atoms with Crippen molar-refractivity contribution < 1.29 is 33.8 Å². The number of likely N-dealkylation sites (N-methyl/N-ethyl adjacent to an activating group) is 1. The molecule has 7 heteroatoms. The highest BCUT2D eigenvalue weighted by Gasteiger charge is 2.26. The van der Waals surface area contributed by atoms with Gasteiger partial charge in [-0.3, -0.25) is 9.59 Å². The molecule has 0 bridgehead atoms. The molecule has 0 aliphatic carbocycles. The number of nitrogens with zero attached hydrogens (tertiary/aromatic N) is 1. The molecule has 0 rings (SSSR count). The summed E-state index contributed by atoms with van der Waals surface area (Å²) in [5.74, 6) is -2.89. The molecule has 0 saturated carbocycles. The molecular formula is C16H29NO6. The molecule has 3 unspecified atom stereocenters. The van der Waals surface area contributed by atoms with E-state index in [0.717, 1.165) is 0 Å². The van der Waals surface area contributed by atoms with Crippen molar-refractivity contribution in [3.05, 3.63) is 0 Å². The Morgan fingerprint density at radius 2 is 1.74 bits per heavy atom. The lowest BCUT2D eigenvalue weighted by Gasteiger charge is -2.30. The Bertz CT molecular complexity index is 415. The van der Waals surface area contributed by atoms with Crippen molar-refractivity contribution in [2.24, 2.45) is 11.8 Å². The van der Waals surface area contributed by atoms with Crippen molar-refractivity contribution in [3.63, 3.8) is 0 Å². The van der Waals surface area contributed by atoms with E-state index in [4.69, 9.17) is 9.84 Å². The summed E-state index contributed by atoms with van der Waals surface area (Å²) in [6, 6.07) is 0. The zero-order chi connectivity index (χ0) is 18.2. The summed E-state index contributed by atoms with van der Waals surface area (Å²) in [6.45, 7) is 3.97. The van der Waals surface area contributed by atoms with Gasteiger partial charge in [0.2, 0.25) is 0 Å². The van der Waals surface area contributed by atoms with Crippen LogP contribution < -0.4 is 5.11 Å². The summed E-state index contributed by atoms with van der Waals surface area (Å²) in [6.07, 6.45) is 0.00707. The fourth-order valence-electron chi connectivity index (χ4n) is 2.41. The maximum atomic E-state index is 12.1. The first kappa shape index (κ1) is 21.4. The number of esters is 1. The summed E-state index contributed by atoms with van der Waals surface area (Å²) < 4.78 is 5.80. The van der Waals surface area contributed by atoms with Crippen LogP contribution in [0.3, 0.4) is 0 Å². The van der Waals surface area contributed by atoms with Gasteiger partial charge in [0.25, 0.3) is 0 Å². The number of hydrogen-bond acceptors (Lipinski definition) is 5. The lowest BCUT2D eigenvalue weighted by Crippen LogP contribution is -2.45. The van der Waals surface area contributed by atoms with Gasteiger partial charge in [0.1, 0.15) is 6.54 Å². The van der Waals surface area contributed by atoms with Gasteiger partial charge in [0, 0.05) is 18.8 Å². The highest BCUT2D eigenvalue weighted by molar-refractivity contribution is 5.73. The number of carboxylic acid groups (broad SMARTS) is 2. The van der Waals surface area contributed by atoms with Gasteiger partial charge in [0.05, 0.1) is 27.1 Å². The SMILES string of the molecule is CC(CCC(=O)O)CC(C)C(=O)OC(CC(=O)[O-])C[N+](C)(C)C. The second-order valence-corrected chi connectivity index (χ2v) is 7.28.